The summed E-state index contributed by atoms with van der Waals surface area (Å²) in [5.74, 6) is 4.65. The van der Waals surface area contributed by atoms with Gasteiger partial charge in [-0.15, -0.1) is 0 Å². The lowest BCUT2D eigenvalue weighted by atomic mass is 10.1. The predicted octanol–water partition coefficient (Wildman–Crippen LogP) is 3.29. The molecule has 32 heavy (non-hydrogen) atoms. The lowest BCUT2D eigenvalue weighted by molar-refractivity contribution is -0.140. The molecule has 8 nitrogen and oxygen atoms in total. The SMILES string of the molecule is CCOCCOc1ccc(-c2ncc(C(F)(F)F)[nH]2)cc1NC(=O)C#Cc1cncnc1. The molecule has 2 aromatic heterocycles. The highest BCUT2D eigenvalue weighted by Gasteiger charge is 2.33. The second-order valence-electron chi connectivity index (χ2n) is 6.23. The fourth-order valence-electron chi connectivity index (χ4n) is 2.51. The van der Waals surface area contributed by atoms with E-state index in [2.05, 4.69) is 37.1 Å². The number of ether oxygens (including phenoxy) is 2. The van der Waals surface area contributed by atoms with E-state index in [0.717, 1.165) is 0 Å². The molecule has 0 aliphatic heterocycles. The molecule has 0 fully saturated rings. The van der Waals surface area contributed by atoms with Crippen molar-refractivity contribution >= 4 is 11.6 Å². The van der Waals surface area contributed by atoms with Gasteiger partial charge in [-0.05, 0) is 25.1 Å². The molecule has 0 radical (unpaired) electrons. The maximum atomic E-state index is 12.9. The Bertz CT molecular complexity index is 1120. The average molecular weight is 445 g/mol. The number of H-pyrrole nitrogens is 1. The molecule has 2 heterocycles. The molecule has 1 amide bonds. The normalized spacial score (nSPS) is 10.9. The van der Waals surface area contributed by atoms with Crippen LogP contribution in [0.1, 0.15) is 18.2 Å². The minimum Gasteiger partial charge on any atom is -0.489 e. The summed E-state index contributed by atoms with van der Waals surface area (Å²) in [5, 5.41) is 2.59. The summed E-state index contributed by atoms with van der Waals surface area (Å²) in [7, 11) is 0. The van der Waals surface area contributed by atoms with Gasteiger partial charge in [0.15, 0.2) is 0 Å². The topological polar surface area (TPSA) is 102 Å². The van der Waals surface area contributed by atoms with E-state index in [1.807, 2.05) is 6.92 Å². The maximum Gasteiger partial charge on any atom is 0.432 e. The summed E-state index contributed by atoms with van der Waals surface area (Å²) in [4.78, 5) is 25.9. The Morgan fingerprint density at radius 3 is 2.66 bits per heavy atom. The number of aromatic amines is 1. The minimum absolute atomic E-state index is 0.0128. The number of amides is 1. The minimum atomic E-state index is -4.55. The third-order valence-electron chi connectivity index (χ3n) is 3.95. The summed E-state index contributed by atoms with van der Waals surface area (Å²) in [6.07, 6.45) is 0.382. The molecule has 1 aromatic carbocycles. The number of halogens is 3. The molecule has 0 bridgehead atoms. The quantitative estimate of drug-likeness (QED) is 0.428. The molecule has 11 heteroatoms. The first kappa shape index (κ1) is 22.8. The molecule has 0 spiro atoms. The van der Waals surface area contributed by atoms with Crippen LogP contribution in [0.25, 0.3) is 11.4 Å². The van der Waals surface area contributed by atoms with Crippen LogP contribution < -0.4 is 10.1 Å². The van der Waals surface area contributed by atoms with E-state index in [0.29, 0.717) is 36.3 Å². The van der Waals surface area contributed by atoms with Crippen LogP contribution in [0.15, 0.2) is 43.1 Å². The molecule has 0 saturated carbocycles. The summed E-state index contributed by atoms with van der Waals surface area (Å²) in [6.45, 7) is 2.90. The van der Waals surface area contributed by atoms with Crippen molar-refractivity contribution in [2.75, 3.05) is 25.1 Å². The van der Waals surface area contributed by atoms with Crippen LogP contribution in [-0.2, 0) is 15.7 Å². The third kappa shape index (κ3) is 6.29. The molecule has 0 aliphatic rings. The Labute approximate surface area is 181 Å². The van der Waals surface area contributed by atoms with Crippen LogP contribution in [0.5, 0.6) is 5.75 Å². The number of nitrogens with zero attached hydrogens (tertiary/aromatic N) is 3. The number of hydrogen-bond donors (Lipinski definition) is 2. The molecular formula is C21H18F3N5O3. The fourth-order valence-corrected chi connectivity index (χ4v) is 2.51. The van der Waals surface area contributed by atoms with Crippen molar-refractivity contribution in [2.45, 2.75) is 13.1 Å². The Kier molecular flexibility index (Phi) is 7.41. The summed E-state index contributed by atoms with van der Waals surface area (Å²) in [6, 6.07) is 4.49. The first-order valence-corrected chi connectivity index (χ1v) is 9.42. The number of aromatic nitrogens is 4. The van der Waals surface area contributed by atoms with E-state index < -0.39 is 17.8 Å². The van der Waals surface area contributed by atoms with Gasteiger partial charge in [-0.2, -0.15) is 13.2 Å². The van der Waals surface area contributed by atoms with Gasteiger partial charge in [0.2, 0.25) is 0 Å². The first-order valence-electron chi connectivity index (χ1n) is 9.42. The Morgan fingerprint density at radius 1 is 1.19 bits per heavy atom. The molecule has 0 unspecified atom stereocenters. The zero-order valence-corrected chi connectivity index (χ0v) is 16.9. The molecule has 166 valence electrons. The van der Waals surface area contributed by atoms with Crippen LogP contribution in [0, 0.1) is 11.8 Å². The predicted molar refractivity (Wildman–Crippen MR) is 109 cm³/mol. The summed E-state index contributed by atoms with van der Waals surface area (Å²) < 4.78 is 49.5. The lowest BCUT2D eigenvalue weighted by Gasteiger charge is -2.13. The van der Waals surface area contributed by atoms with Gasteiger partial charge in [0, 0.05) is 30.5 Å². The molecule has 0 aliphatic carbocycles. The zero-order chi connectivity index (χ0) is 23.0. The number of anilines is 1. The van der Waals surface area contributed by atoms with Gasteiger partial charge in [-0.25, -0.2) is 15.0 Å². The van der Waals surface area contributed by atoms with Crippen LogP contribution in [0.3, 0.4) is 0 Å². The van der Waals surface area contributed by atoms with Gasteiger partial charge >= 0.3 is 12.1 Å². The highest BCUT2D eigenvalue weighted by Crippen LogP contribution is 2.32. The second-order valence-corrected chi connectivity index (χ2v) is 6.23. The van der Waals surface area contributed by atoms with Gasteiger partial charge in [-0.3, -0.25) is 4.79 Å². The van der Waals surface area contributed by atoms with E-state index in [1.54, 1.807) is 0 Å². The smallest absolute Gasteiger partial charge is 0.432 e. The second kappa shape index (κ2) is 10.4. The van der Waals surface area contributed by atoms with Crippen molar-refractivity contribution in [3.63, 3.8) is 0 Å². The van der Waals surface area contributed by atoms with Crippen molar-refractivity contribution in [1.29, 1.82) is 0 Å². The molecule has 0 atom stereocenters. The van der Waals surface area contributed by atoms with E-state index in [4.69, 9.17) is 9.47 Å². The molecule has 3 aromatic rings. The monoisotopic (exact) mass is 445 g/mol. The fraction of sp³-hybridized carbons (Fsp3) is 0.238. The maximum absolute atomic E-state index is 12.9. The van der Waals surface area contributed by atoms with E-state index in [9.17, 15) is 18.0 Å². The lowest BCUT2D eigenvalue weighted by Crippen LogP contribution is -2.12. The van der Waals surface area contributed by atoms with Crippen molar-refractivity contribution in [1.82, 2.24) is 19.9 Å². The Balaban J connectivity index is 1.84. The Morgan fingerprint density at radius 2 is 1.97 bits per heavy atom. The van der Waals surface area contributed by atoms with E-state index in [-0.39, 0.29) is 18.1 Å². The first-order chi connectivity index (χ1) is 15.4. The zero-order valence-electron chi connectivity index (χ0n) is 16.9. The number of benzene rings is 1. The molecular weight excluding hydrogens is 427 g/mol. The van der Waals surface area contributed by atoms with Crippen LogP contribution >= 0.6 is 0 Å². The van der Waals surface area contributed by atoms with Crippen LogP contribution in [0.4, 0.5) is 18.9 Å². The highest BCUT2D eigenvalue weighted by atomic mass is 19.4. The van der Waals surface area contributed by atoms with Gasteiger partial charge in [0.05, 0.1) is 24.1 Å². The van der Waals surface area contributed by atoms with Gasteiger partial charge in [-0.1, -0.05) is 5.92 Å². The number of hydrogen-bond acceptors (Lipinski definition) is 6. The van der Waals surface area contributed by atoms with E-state index >= 15 is 0 Å². The molecule has 3 rings (SSSR count). The number of carbonyl (C=O) groups is 1. The average Bonchev–Trinajstić information content (AvgIpc) is 3.28. The van der Waals surface area contributed by atoms with E-state index in [1.165, 1.54) is 36.9 Å². The van der Waals surface area contributed by atoms with Gasteiger partial charge in [0.25, 0.3) is 0 Å². The van der Waals surface area contributed by atoms with Crippen molar-refractivity contribution in [3.8, 4) is 29.0 Å². The number of rotatable bonds is 7. The Hall–Kier alpha value is -3.91. The highest BCUT2D eigenvalue weighted by molar-refractivity contribution is 6.05. The number of alkyl halides is 3. The van der Waals surface area contributed by atoms with Crippen LogP contribution in [-0.4, -0.2) is 45.7 Å². The van der Waals surface area contributed by atoms with Crippen molar-refractivity contribution in [2.24, 2.45) is 0 Å². The molecule has 2 N–H and O–H groups in total. The summed E-state index contributed by atoms with van der Waals surface area (Å²) in [5.41, 5.74) is -0.00382. The third-order valence-corrected chi connectivity index (χ3v) is 3.95. The van der Waals surface area contributed by atoms with Crippen LogP contribution in [0.2, 0.25) is 0 Å². The van der Waals surface area contributed by atoms with Gasteiger partial charge in [0.1, 0.15) is 30.2 Å². The van der Waals surface area contributed by atoms with Gasteiger partial charge < -0.3 is 19.8 Å². The van der Waals surface area contributed by atoms with Crippen molar-refractivity contribution in [3.05, 3.63) is 54.4 Å². The number of nitrogens with one attached hydrogen (secondary N) is 2. The summed E-state index contributed by atoms with van der Waals surface area (Å²) >= 11 is 0. The standard InChI is InChI=1S/C21H18F3N5O3/c1-2-31-7-8-32-17-5-4-15(20-27-12-18(29-20)21(22,23)24)9-16(17)28-19(30)6-3-14-10-25-13-26-11-14/h4-5,9-13H,2,7-8H2,1H3,(H,27,29)(H,28,30). The number of carbonyl (C=O) groups excluding carboxylic acids is 1. The largest absolute Gasteiger partial charge is 0.489 e. The molecule has 0 saturated heterocycles. The van der Waals surface area contributed by atoms with Crippen molar-refractivity contribution < 1.29 is 27.4 Å². The number of imidazole rings is 1.